The molecule has 1 rings (SSSR count). The van der Waals surface area contributed by atoms with Gasteiger partial charge in [0.05, 0.1) is 0 Å². The van der Waals surface area contributed by atoms with Gasteiger partial charge in [-0.15, -0.1) is 0 Å². The zero-order valence-electron chi connectivity index (χ0n) is 9.71. The van der Waals surface area contributed by atoms with Crippen molar-refractivity contribution in [3.05, 3.63) is 0 Å². The van der Waals surface area contributed by atoms with E-state index in [1.54, 1.807) is 0 Å². The Labute approximate surface area is 104 Å². The van der Waals surface area contributed by atoms with Gasteiger partial charge in [0.2, 0.25) is 5.91 Å². The Bertz CT molecular complexity index is 233. The molecule has 0 atom stereocenters. The van der Waals surface area contributed by atoms with Crippen LogP contribution in [0.4, 0.5) is 0 Å². The maximum Gasteiger partial charge on any atom is 0.303 e. The molecule has 2 N–H and O–H groups in total. The lowest BCUT2D eigenvalue weighted by Gasteiger charge is -2.13. The van der Waals surface area contributed by atoms with E-state index in [9.17, 15) is 9.59 Å². The van der Waals surface area contributed by atoms with E-state index in [0.29, 0.717) is 13.0 Å². The number of carboxylic acid groups (broad SMARTS) is 1. The molecule has 0 saturated heterocycles. The molecule has 100 valence electrons. The number of aliphatic carboxylic acids is 1. The van der Waals surface area contributed by atoms with Crippen LogP contribution >= 0.6 is 0 Å². The minimum absolute atomic E-state index is 0. The van der Waals surface area contributed by atoms with Crippen LogP contribution in [0.2, 0.25) is 0 Å². The first kappa shape index (κ1) is 15.9. The summed E-state index contributed by atoms with van der Waals surface area (Å²) < 4.78 is 0. The average molecular weight is 243 g/mol. The number of hydrogen-bond donors (Lipinski definition) is 2. The molecular weight excluding hydrogens is 218 g/mol. The minimum Gasteiger partial charge on any atom is -0.481 e. The molecule has 0 aromatic heterocycles. The van der Waals surface area contributed by atoms with E-state index in [-0.39, 0.29) is 25.7 Å². The maximum absolute atomic E-state index is 11.7. The van der Waals surface area contributed by atoms with Crippen LogP contribution in [-0.2, 0) is 9.59 Å². The highest BCUT2D eigenvalue weighted by Crippen LogP contribution is 2.22. The van der Waals surface area contributed by atoms with Crippen LogP contribution in [0.3, 0.4) is 0 Å². The maximum atomic E-state index is 11.7. The van der Waals surface area contributed by atoms with E-state index in [0.717, 1.165) is 25.7 Å². The van der Waals surface area contributed by atoms with Gasteiger partial charge in [0.1, 0.15) is 0 Å². The number of carbonyl (C=O) groups excluding carboxylic acids is 1. The van der Waals surface area contributed by atoms with Crippen molar-refractivity contribution >= 4 is 11.9 Å². The van der Waals surface area contributed by atoms with Crippen molar-refractivity contribution < 1.29 is 14.7 Å². The van der Waals surface area contributed by atoms with Crippen LogP contribution in [0.25, 0.3) is 0 Å². The number of amides is 1. The highest BCUT2D eigenvalue weighted by Gasteiger charge is 2.19. The summed E-state index contributed by atoms with van der Waals surface area (Å²) in [7, 11) is 0. The second-order valence-electron chi connectivity index (χ2n) is 4.48. The molecule has 1 aliphatic rings. The van der Waals surface area contributed by atoms with Crippen molar-refractivity contribution in [3.63, 3.8) is 0 Å². The van der Waals surface area contributed by atoms with Crippen LogP contribution in [0.1, 0.15) is 58.8 Å². The van der Waals surface area contributed by atoms with Crippen molar-refractivity contribution in [1.82, 2.24) is 5.32 Å². The summed E-state index contributed by atoms with van der Waals surface area (Å²) in [6, 6.07) is 0. The van der Waals surface area contributed by atoms with E-state index in [2.05, 4.69) is 5.32 Å². The fraction of sp³-hybridized carbons (Fsp3) is 0.846. The van der Waals surface area contributed by atoms with Crippen molar-refractivity contribution in [3.8, 4) is 0 Å². The number of carboxylic acids is 1. The Morgan fingerprint density at radius 3 is 2.24 bits per heavy atom. The predicted octanol–water partition coefficient (Wildman–Crippen LogP) is 2.57. The van der Waals surface area contributed by atoms with E-state index >= 15 is 0 Å². The number of carbonyl (C=O) groups is 2. The molecule has 4 nitrogen and oxygen atoms in total. The Kier molecular flexibility index (Phi) is 8.46. The topological polar surface area (TPSA) is 66.4 Å². The van der Waals surface area contributed by atoms with Crippen LogP contribution < -0.4 is 5.32 Å². The fourth-order valence-corrected chi connectivity index (χ4v) is 2.14. The molecule has 1 aliphatic carbocycles. The third-order valence-corrected chi connectivity index (χ3v) is 3.09. The molecule has 0 heterocycles. The summed E-state index contributed by atoms with van der Waals surface area (Å²) in [6.07, 6.45) is 7.40. The first-order valence-corrected chi connectivity index (χ1v) is 6.19. The first-order valence-electron chi connectivity index (χ1n) is 6.19. The van der Waals surface area contributed by atoms with Gasteiger partial charge in [-0.2, -0.15) is 0 Å². The van der Waals surface area contributed by atoms with E-state index < -0.39 is 5.97 Å². The highest BCUT2D eigenvalue weighted by atomic mass is 16.4. The number of nitrogens with one attached hydrogen (secondary N) is 1. The van der Waals surface area contributed by atoms with Crippen molar-refractivity contribution in [2.75, 3.05) is 6.54 Å². The van der Waals surface area contributed by atoms with Crippen molar-refractivity contribution in [2.45, 2.75) is 58.8 Å². The summed E-state index contributed by atoms with van der Waals surface area (Å²) in [6.45, 7) is 0.488. The standard InChI is InChI=1S/C12H21NO3.CH4/c14-11(15)8-5-9-13-12(16)10-6-3-1-2-4-7-10;/h10H,1-9H2,(H,13,16)(H,14,15);1H4. The molecule has 1 amide bonds. The van der Waals surface area contributed by atoms with Gasteiger partial charge in [0, 0.05) is 18.9 Å². The zero-order valence-corrected chi connectivity index (χ0v) is 9.71. The Balaban J connectivity index is 0.00000256. The number of hydrogen-bond acceptors (Lipinski definition) is 2. The molecule has 0 aliphatic heterocycles. The molecule has 0 unspecified atom stereocenters. The third kappa shape index (κ3) is 6.97. The smallest absolute Gasteiger partial charge is 0.303 e. The normalized spacial score (nSPS) is 16.7. The quantitative estimate of drug-likeness (QED) is 0.576. The molecular formula is C13H25NO3. The van der Waals surface area contributed by atoms with Crippen LogP contribution in [0.15, 0.2) is 0 Å². The first-order chi connectivity index (χ1) is 7.70. The average Bonchev–Trinajstić information content (AvgIpc) is 2.52. The van der Waals surface area contributed by atoms with Gasteiger partial charge in [-0.3, -0.25) is 9.59 Å². The summed E-state index contributed by atoms with van der Waals surface area (Å²) in [4.78, 5) is 22.0. The van der Waals surface area contributed by atoms with Gasteiger partial charge < -0.3 is 10.4 Å². The summed E-state index contributed by atoms with van der Waals surface area (Å²) in [5, 5.41) is 11.3. The fourth-order valence-electron chi connectivity index (χ4n) is 2.14. The van der Waals surface area contributed by atoms with Crippen molar-refractivity contribution in [1.29, 1.82) is 0 Å². The van der Waals surface area contributed by atoms with Gasteiger partial charge in [0.25, 0.3) is 0 Å². The van der Waals surface area contributed by atoms with E-state index in [1.165, 1.54) is 12.8 Å². The van der Waals surface area contributed by atoms with Crippen LogP contribution in [0.5, 0.6) is 0 Å². The Hall–Kier alpha value is -1.06. The van der Waals surface area contributed by atoms with Gasteiger partial charge in [-0.25, -0.2) is 0 Å². The summed E-state index contributed by atoms with van der Waals surface area (Å²) in [5.41, 5.74) is 0. The third-order valence-electron chi connectivity index (χ3n) is 3.09. The molecule has 0 aromatic rings. The monoisotopic (exact) mass is 243 g/mol. The van der Waals surface area contributed by atoms with Gasteiger partial charge >= 0.3 is 5.97 Å². The zero-order chi connectivity index (χ0) is 11.8. The highest BCUT2D eigenvalue weighted by molar-refractivity contribution is 5.78. The Morgan fingerprint density at radius 2 is 1.71 bits per heavy atom. The van der Waals surface area contributed by atoms with Crippen LogP contribution in [-0.4, -0.2) is 23.5 Å². The lowest BCUT2D eigenvalue weighted by molar-refractivity contribution is -0.137. The molecule has 1 saturated carbocycles. The molecule has 0 radical (unpaired) electrons. The van der Waals surface area contributed by atoms with Crippen LogP contribution in [0, 0.1) is 5.92 Å². The molecule has 0 aromatic carbocycles. The second-order valence-corrected chi connectivity index (χ2v) is 4.48. The largest absolute Gasteiger partial charge is 0.481 e. The SMILES string of the molecule is C.O=C(O)CCCNC(=O)C1CCCCCC1. The van der Waals surface area contributed by atoms with Gasteiger partial charge in [-0.05, 0) is 19.3 Å². The lowest BCUT2D eigenvalue weighted by atomic mass is 9.99. The second kappa shape index (κ2) is 9.02. The summed E-state index contributed by atoms with van der Waals surface area (Å²) in [5.74, 6) is -0.525. The molecule has 0 bridgehead atoms. The Morgan fingerprint density at radius 1 is 1.12 bits per heavy atom. The molecule has 0 spiro atoms. The van der Waals surface area contributed by atoms with Crippen molar-refractivity contribution in [2.24, 2.45) is 5.92 Å². The molecule has 17 heavy (non-hydrogen) atoms. The van der Waals surface area contributed by atoms with E-state index in [1.807, 2.05) is 0 Å². The minimum atomic E-state index is -0.802. The van der Waals surface area contributed by atoms with Gasteiger partial charge in [0.15, 0.2) is 0 Å². The molecule has 4 heteroatoms. The summed E-state index contributed by atoms with van der Waals surface area (Å²) >= 11 is 0. The molecule has 1 fully saturated rings. The van der Waals surface area contributed by atoms with E-state index in [4.69, 9.17) is 5.11 Å². The lowest BCUT2D eigenvalue weighted by Crippen LogP contribution is -2.31. The van der Waals surface area contributed by atoms with Gasteiger partial charge in [-0.1, -0.05) is 33.1 Å². The predicted molar refractivity (Wildman–Crippen MR) is 67.8 cm³/mol. The number of rotatable bonds is 5.